The van der Waals surface area contributed by atoms with E-state index in [2.05, 4.69) is 41.0 Å². The van der Waals surface area contributed by atoms with E-state index in [0.29, 0.717) is 39.7 Å². The van der Waals surface area contributed by atoms with Gasteiger partial charge in [0.05, 0.1) is 16.0 Å². The summed E-state index contributed by atoms with van der Waals surface area (Å²) < 4.78 is 11.8. The molecule has 1 heterocycles. The highest BCUT2D eigenvalue weighted by Crippen LogP contribution is 2.39. The van der Waals surface area contributed by atoms with Crippen LogP contribution in [0.25, 0.3) is 6.08 Å². The van der Waals surface area contributed by atoms with E-state index in [4.69, 9.17) is 15.9 Å². The van der Waals surface area contributed by atoms with Crippen LogP contribution in [0, 0.1) is 12.3 Å². The number of benzene rings is 2. The van der Waals surface area contributed by atoms with Crippen molar-refractivity contribution in [2.75, 3.05) is 25.1 Å². The number of rotatable bonds is 9. The van der Waals surface area contributed by atoms with Crippen molar-refractivity contribution in [1.29, 1.82) is 0 Å². The molecular weight excluding hydrogens is 532 g/mol. The summed E-state index contributed by atoms with van der Waals surface area (Å²) in [7, 11) is 0. The smallest absolute Gasteiger partial charge is 0.294 e. The van der Waals surface area contributed by atoms with Gasteiger partial charge < -0.3 is 14.8 Å². The second-order valence-corrected chi connectivity index (χ2v) is 9.70. The quantitative estimate of drug-likeness (QED) is 0.317. The zero-order valence-electron chi connectivity index (χ0n) is 19.6. The van der Waals surface area contributed by atoms with Crippen LogP contribution >= 0.6 is 27.7 Å². The fourth-order valence-electron chi connectivity index (χ4n) is 3.27. The number of thioether (sulfide) groups is 1. The molecule has 0 spiro atoms. The first-order valence-electron chi connectivity index (χ1n) is 10.9. The van der Waals surface area contributed by atoms with Crippen molar-refractivity contribution in [2.24, 2.45) is 0 Å². The molecule has 1 aliphatic heterocycles. The average Bonchev–Trinajstić information content (AvgIpc) is 3.06. The first kappa shape index (κ1) is 26.4. The largest absolute Gasteiger partial charge is 0.490 e. The number of halogens is 1. The minimum atomic E-state index is -0.535. The highest BCUT2D eigenvalue weighted by Gasteiger charge is 2.36. The zero-order valence-corrected chi connectivity index (χ0v) is 22.0. The first-order chi connectivity index (χ1) is 16.7. The number of terminal acetylenes is 1. The molecule has 0 saturated carbocycles. The third-order valence-electron chi connectivity index (χ3n) is 4.97. The molecule has 1 saturated heterocycles. The van der Waals surface area contributed by atoms with E-state index in [9.17, 15) is 14.4 Å². The predicted octanol–water partition coefficient (Wildman–Crippen LogP) is 5.66. The Morgan fingerprint density at radius 1 is 1.23 bits per heavy atom. The standard InChI is InChI=1S/C26H25BrN2O5S/c1-5-11-34-24-20(27)12-17(13-21(24)33-6-2)14-22-25(31)29(26(32)35-22)15-23(30)28-19-9-7-18(8-10-19)16(3)4/h1,7-10,12-14,16H,6,11,15H2,2-4H3,(H,28,30)/b22-14-. The highest BCUT2D eigenvalue weighted by molar-refractivity contribution is 9.10. The molecule has 0 radical (unpaired) electrons. The Balaban J connectivity index is 1.73. The van der Waals surface area contributed by atoms with Gasteiger partial charge in [0.2, 0.25) is 5.91 Å². The van der Waals surface area contributed by atoms with Crippen LogP contribution in [0.2, 0.25) is 0 Å². The van der Waals surface area contributed by atoms with Crippen LogP contribution in [0.4, 0.5) is 10.5 Å². The van der Waals surface area contributed by atoms with Crippen LogP contribution in [0.1, 0.15) is 37.8 Å². The van der Waals surface area contributed by atoms with Gasteiger partial charge in [-0.1, -0.05) is 31.9 Å². The molecule has 1 aliphatic rings. The van der Waals surface area contributed by atoms with Crippen molar-refractivity contribution < 1.29 is 23.9 Å². The third-order valence-corrected chi connectivity index (χ3v) is 6.46. The van der Waals surface area contributed by atoms with Gasteiger partial charge in [-0.3, -0.25) is 19.3 Å². The summed E-state index contributed by atoms with van der Waals surface area (Å²) in [6.45, 7) is 6.09. The van der Waals surface area contributed by atoms with Crippen molar-refractivity contribution in [3.63, 3.8) is 0 Å². The van der Waals surface area contributed by atoms with Gasteiger partial charge in [0.15, 0.2) is 11.5 Å². The van der Waals surface area contributed by atoms with Crippen molar-refractivity contribution >= 4 is 56.5 Å². The number of carbonyl (C=O) groups excluding carboxylic acids is 3. The van der Waals surface area contributed by atoms with Gasteiger partial charge in [0.1, 0.15) is 13.2 Å². The predicted molar refractivity (Wildman–Crippen MR) is 141 cm³/mol. The molecule has 0 atom stereocenters. The first-order valence-corrected chi connectivity index (χ1v) is 12.5. The van der Waals surface area contributed by atoms with Crippen molar-refractivity contribution in [1.82, 2.24) is 4.90 Å². The van der Waals surface area contributed by atoms with Gasteiger partial charge >= 0.3 is 0 Å². The number of anilines is 1. The number of carbonyl (C=O) groups is 3. The lowest BCUT2D eigenvalue weighted by molar-refractivity contribution is -0.127. The lowest BCUT2D eigenvalue weighted by atomic mass is 10.0. The second kappa shape index (κ2) is 12.0. The van der Waals surface area contributed by atoms with Crippen LogP contribution in [-0.4, -0.2) is 41.7 Å². The summed E-state index contributed by atoms with van der Waals surface area (Å²) in [6, 6.07) is 10.9. The molecule has 182 valence electrons. The minimum Gasteiger partial charge on any atom is -0.490 e. The van der Waals surface area contributed by atoms with Gasteiger partial charge in [-0.2, -0.15) is 0 Å². The summed E-state index contributed by atoms with van der Waals surface area (Å²) in [6.07, 6.45) is 6.85. The van der Waals surface area contributed by atoms with Crippen LogP contribution in [0.15, 0.2) is 45.8 Å². The maximum absolute atomic E-state index is 12.9. The Morgan fingerprint density at radius 2 is 1.94 bits per heavy atom. The van der Waals surface area contributed by atoms with E-state index in [0.717, 1.165) is 22.2 Å². The lowest BCUT2D eigenvalue weighted by Crippen LogP contribution is -2.36. The number of hydrogen-bond donors (Lipinski definition) is 1. The van der Waals surface area contributed by atoms with E-state index in [1.54, 1.807) is 30.3 Å². The summed E-state index contributed by atoms with van der Waals surface area (Å²) in [5.74, 6) is 2.69. The Kier molecular flexibility index (Phi) is 9.01. The van der Waals surface area contributed by atoms with Gasteiger partial charge in [-0.25, -0.2) is 0 Å². The molecule has 35 heavy (non-hydrogen) atoms. The minimum absolute atomic E-state index is 0.0703. The van der Waals surface area contributed by atoms with Gasteiger partial charge in [0.25, 0.3) is 11.1 Å². The number of imide groups is 1. The SMILES string of the molecule is C#CCOc1c(Br)cc(/C=C2\SC(=O)N(CC(=O)Nc3ccc(C(C)C)cc3)C2=O)cc1OCC. The molecule has 9 heteroatoms. The van der Waals surface area contributed by atoms with E-state index in [-0.39, 0.29) is 18.1 Å². The maximum atomic E-state index is 12.9. The van der Waals surface area contributed by atoms with Gasteiger partial charge in [0, 0.05) is 5.69 Å². The van der Waals surface area contributed by atoms with E-state index in [1.807, 2.05) is 19.1 Å². The normalized spacial score (nSPS) is 14.4. The maximum Gasteiger partial charge on any atom is 0.294 e. The van der Waals surface area contributed by atoms with Crippen LogP contribution in [0.5, 0.6) is 11.5 Å². The lowest BCUT2D eigenvalue weighted by Gasteiger charge is -2.14. The summed E-state index contributed by atoms with van der Waals surface area (Å²) in [4.78, 5) is 39.0. The molecule has 0 aliphatic carbocycles. The summed E-state index contributed by atoms with van der Waals surface area (Å²) in [5, 5.41) is 2.22. The number of ether oxygens (including phenoxy) is 2. The molecule has 0 unspecified atom stereocenters. The van der Waals surface area contributed by atoms with Crippen molar-refractivity contribution in [3.8, 4) is 23.8 Å². The molecular formula is C26H25BrN2O5S. The number of amides is 3. The van der Waals surface area contributed by atoms with Crippen LogP contribution < -0.4 is 14.8 Å². The number of hydrogen-bond acceptors (Lipinski definition) is 6. The van der Waals surface area contributed by atoms with E-state index < -0.39 is 17.1 Å². The average molecular weight is 557 g/mol. The monoisotopic (exact) mass is 556 g/mol. The second-order valence-electron chi connectivity index (χ2n) is 7.85. The van der Waals surface area contributed by atoms with Gasteiger partial charge in [-0.15, -0.1) is 6.42 Å². The van der Waals surface area contributed by atoms with Crippen molar-refractivity contribution in [3.05, 3.63) is 56.9 Å². The molecule has 3 amide bonds. The molecule has 2 aromatic rings. The topological polar surface area (TPSA) is 84.9 Å². The fourth-order valence-corrected chi connectivity index (χ4v) is 4.68. The summed E-state index contributed by atoms with van der Waals surface area (Å²) >= 11 is 4.22. The molecule has 1 fully saturated rings. The Labute approximate surface area is 217 Å². The highest BCUT2D eigenvalue weighted by atomic mass is 79.9. The number of nitrogens with one attached hydrogen (secondary N) is 1. The zero-order chi connectivity index (χ0) is 25.5. The van der Waals surface area contributed by atoms with E-state index >= 15 is 0 Å². The molecule has 2 aromatic carbocycles. The Hall–Kier alpha value is -3.22. The van der Waals surface area contributed by atoms with Crippen molar-refractivity contribution in [2.45, 2.75) is 26.7 Å². The summed E-state index contributed by atoms with van der Waals surface area (Å²) in [5.41, 5.74) is 2.37. The van der Waals surface area contributed by atoms with Crippen LogP contribution in [-0.2, 0) is 9.59 Å². The van der Waals surface area contributed by atoms with E-state index in [1.165, 1.54) is 0 Å². The molecule has 1 N–H and O–H groups in total. The molecule has 3 rings (SSSR count). The number of nitrogens with zero attached hydrogens (tertiary/aromatic N) is 1. The Morgan fingerprint density at radius 3 is 2.57 bits per heavy atom. The molecule has 0 aromatic heterocycles. The third kappa shape index (κ3) is 6.68. The van der Waals surface area contributed by atoms with Gasteiger partial charge in [-0.05, 0) is 82.0 Å². The van der Waals surface area contributed by atoms with Crippen LogP contribution in [0.3, 0.4) is 0 Å². The molecule has 0 bridgehead atoms. The Bertz CT molecular complexity index is 1200. The fraction of sp³-hybridized carbons (Fsp3) is 0.269. The molecule has 7 nitrogen and oxygen atoms in total.